The first-order valence-electron chi connectivity index (χ1n) is 7.74. The third-order valence-corrected chi connectivity index (χ3v) is 3.66. The molecule has 0 radical (unpaired) electrons. The van der Waals surface area contributed by atoms with E-state index < -0.39 is 0 Å². The molecule has 0 bridgehead atoms. The quantitative estimate of drug-likeness (QED) is 0.732. The molecule has 0 aliphatic rings. The van der Waals surface area contributed by atoms with Crippen LogP contribution in [0.15, 0.2) is 60.8 Å². The summed E-state index contributed by atoms with van der Waals surface area (Å²) in [7, 11) is 0. The largest absolute Gasteiger partial charge is 0.504 e. The number of benzene rings is 2. The molecule has 0 spiro atoms. The summed E-state index contributed by atoms with van der Waals surface area (Å²) in [4.78, 5) is 16.2. The first-order valence-corrected chi connectivity index (χ1v) is 7.74. The number of phenolic OH excluding ortho intramolecular Hbond substituents is 1. The number of amides is 1. The second-order valence-electron chi connectivity index (χ2n) is 5.35. The van der Waals surface area contributed by atoms with E-state index >= 15 is 0 Å². The van der Waals surface area contributed by atoms with E-state index in [2.05, 4.69) is 10.3 Å². The number of hydrogen-bond acceptors (Lipinski definition) is 4. The van der Waals surface area contributed by atoms with Crippen molar-refractivity contribution < 1.29 is 14.6 Å². The zero-order valence-corrected chi connectivity index (χ0v) is 13.1. The summed E-state index contributed by atoms with van der Waals surface area (Å²) in [5, 5.41) is 13.5. The van der Waals surface area contributed by atoms with Crippen LogP contribution >= 0.6 is 0 Å². The van der Waals surface area contributed by atoms with Gasteiger partial charge < -0.3 is 15.2 Å². The van der Waals surface area contributed by atoms with Crippen LogP contribution in [0.25, 0.3) is 10.9 Å². The Labute approximate surface area is 139 Å². The Morgan fingerprint density at radius 2 is 1.92 bits per heavy atom. The maximum Gasteiger partial charge on any atom is 0.257 e. The number of rotatable bonds is 6. The number of aromatic nitrogens is 1. The predicted octanol–water partition coefficient (Wildman–Crippen LogP) is 2.68. The first-order chi connectivity index (χ1) is 11.7. The maximum atomic E-state index is 11.8. The van der Waals surface area contributed by atoms with Crippen molar-refractivity contribution in [3.8, 4) is 11.5 Å². The van der Waals surface area contributed by atoms with Gasteiger partial charge in [0.25, 0.3) is 5.91 Å². The molecule has 0 aliphatic carbocycles. The van der Waals surface area contributed by atoms with Crippen molar-refractivity contribution in [2.75, 3.05) is 13.2 Å². The molecular formula is C19H18N2O3. The summed E-state index contributed by atoms with van der Waals surface area (Å²) >= 11 is 0. The first kappa shape index (κ1) is 15.8. The molecule has 5 nitrogen and oxygen atoms in total. The summed E-state index contributed by atoms with van der Waals surface area (Å²) in [6.45, 7) is 0.365. The minimum atomic E-state index is -0.230. The van der Waals surface area contributed by atoms with Crippen LogP contribution in [-0.2, 0) is 11.2 Å². The van der Waals surface area contributed by atoms with Gasteiger partial charge in [-0.25, -0.2) is 0 Å². The molecule has 0 unspecified atom stereocenters. The summed E-state index contributed by atoms with van der Waals surface area (Å²) in [5.41, 5.74) is 2.05. The zero-order valence-electron chi connectivity index (χ0n) is 13.1. The standard InChI is InChI=1S/C19H18N2O3/c22-16-8-1-2-9-17(16)24-13-18(23)20-12-10-15-6-3-5-14-7-4-11-21-19(14)15/h1-9,11,22H,10,12-13H2,(H,20,23). The highest BCUT2D eigenvalue weighted by Crippen LogP contribution is 2.24. The van der Waals surface area contributed by atoms with Gasteiger partial charge in [-0.1, -0.05) is 36.4 Å². The molecule has 1 aromatic heterocycles. The van der Waals surface area contributed by atoms with Crippen LogP contribution in [0.4, 0.5) is 0 Å². The van der Waals surface area contributed by atoms with Crippen LogP contribution in [0.1, 0.15) is 5.56 Å². The lowest BCUT2D eigenvalue weighted by molar-refractivity contribution is -0.123. The van der Waals surface area contributed by atoms with Crippen LogP contribution in [0.5, 0.6) is 11.5 Å². The number of phenols is 1. The molecule has 0 aliphatic heterocycles. The Balaban J connectivity index is 1.51. The lowest BCUT2D eigenvalue weighted by Gasteiger charge is -2.09. The monoisotopic (exact) mass is 322 g/mol. The van der Waals surface area contributed by atoms with Gasteiger partial charge in [-0.2, -0.15) is 0 Å². The third kappa shape index (κ3) is 3.81. The molecular weight excluding hydrogens is 304 g/mol. The summed E-state index contributed by atoms with van der Waals surface area (Å²) in [5.74, 6) is 0.0875. The van der Waals surface area contributed by atoms with Gasteiger partial charge in [0.1, 0.15) is 0 Å². The molecule has 0 fully saturated rings. The SMILES string of the molecule is O=C(COc1ccccc1O)NCCc1cccc2cccnc12. The van der Waals surface area contributed by atoms with E-state index in [4.69, 9.17) is 4.74 Å². The highest BCUT2D eigenvalue weighted by Gasteiger charge is 2.06. The fraction of sp³-hybridized carbons (Fsp3) is 0.158. The van der Waals surface area contributed by atoms with Crippen molar-refractivity contribution in [2.45, 2.75) is 6.42 Å². The van der Waals surface area contributed by atoms with Crippen LogP contribution < -0.4 is 10.1 Å². The third-order valence-electron chi connectivity index (χ3n) is 3.66. The Morgan fingerprint density at radius 3 is 2.79 bits per heavy atom. The molecule has 3 rings (SSSR count). The Morgan fingerprint density at radius 1 is 1.08 bits per heavy atom. The van der Waals surface area contributed by atoms with Crippen molar-refractivity contribution in [3.63, 3.8) is 0 Å². The number of ether oxygens (including phenoxy) is 1. The molecule has 122 valence electrons. The summed E-state index contributed by atoms with van der Waals surface area (Å²) in [6.07, 6.45) is 2.46. The van der Waals surface area contributed by atoms with E-state index in [1.54, 1.807) is 24.4 Å². The topological polar surface area (TPSA) is 71.5 Å². The van der Waals surface area contributed by atoms with Crippen LogP contribution in [0.2, 0.25) is 0 Å². The number of para-hydroxylation sites is 3. The normalized spacial score (nSPS) is 10.5. The molecule has 24 heavy (non-hydrogen) atoms. The van der Waals surface area contributed by atoms with Crippen LogP contribution in [0.3, 0.4) is 0 Å². The number of nitrogens with zero attached hydrogens (tertiary/aromatic N) is 1. The van der Waals surface area contributed by atoms with Crippen molar-refractivity contribution in [1.29, 1.82) is 0 Å². The lowest BCUT2D eigenvalue weighted by atomic mass is 10.1. The highest BCUT2D eigenvalue weighted by molar-refractivity contribution is 5.81. The molecule has 0 saturated carbocycles. The summed E-state index contributed by atoms with van der Waals surface area (Å²) in [6, 6.07) is 16.5. The number of aromatic hydroxyl groups is 1. The molecule has 2 N–H and O–H groups in total. The molecule has 1 heterocycles. The van der Waals surface area contributed by atoms with Gasteiger partial charge in [-0.3, -0.25) is 9.78 Å². The molecule has 5 heteroatoms. The van der Waals surface area contributed by atoms with Gasteiger partial charge in [0.05, 0.1) is 5.52 Å². The molecule has 3 aromatic rings. The van der Waals surface area contributed by atoms with Crippen LogP contribution in [0, 0.1) is 0 Å². The molecule has 1 amide bonds. The van der Waals surface area contributed by atoms with E-state index in [0.717, 1.165) is 16.5 Å². The fourth-order valence-corrected chi connectivity index (χ4v) is 2.48. The van der Waals surface area contributed by atoms with E-state index in [1.165, 1.54) is 6.07 Å². The summed E-state index contributed by atoms with van der Waals surface area (Å²) < 4.78 is 5.30. The Bertz CT molecular complexity index is 843. The maximum absolute atomic E-state index is 11.8. The Kier molecular flexibility index (Phi) is 4.91. The average Bonchev–Trinajstić information content (AvgIpc) is 2.61. The van der Waals surface area contributed by atoms with Gasteiger partial charge in [-0.05, 0) is 30.2 Å². The number of carbonyl (C=O) groups excluding carboxylic acids is 1. The van der Waals surface area contributed by atoms with Gasteiger partial charge in [0.2, 0.25) is 0 Å². The Hall–Kier alpha value is -3.08. The van der Waals surface area contributed by atoms with Gasteiger partial charge in [0, 0.05) is 18.1 Å². The van der Waals surface area contributed by atoms with Crippen LogP contribution in [-0.4, -0.2) is 29.1 Å². The number of nitrogens with one attached hydrogen (secondary N) is 1. The van der Waals surface area contributed by atoms with Gasteiger partial charge >= 0.3 is 0 Å². The molecule has 0 atom stereocenters. The smallest absolute Gasteiger partial charge is 0.257 e. The minimum absolute atomic E-state index is 0.0205. The van der Waals surface area contributed by atoms with Gasteiger partial charge in [-0.15, -0.1) is 0 Å². The van der Waals surface area contributed by atoms with E-state index in [-0.39, 0.29) is 18.3 Å². The number of hydrogen-bond donors (Lipinski definition) is 2. The number of fused-ring (bicyclic) bond motifs is 1. The number of pyridine rings is 1. The number of carbonyl (C=O) groups is 1. The van der Waals surface area contributed by atoms with Gasteiger partial charge in [0.15, 0.2) is 18.1 Å². The minimum Gasteiger partial charge on any atom is -0.504 e. The van der Waals surface area contributed by atoms with E-state index in [9.17, 15) is 9.90 Å². The van der Waals surface area contributed by atoms with Crippen molar-refractivity contribution in [3.05, 3.63) is 66.4 Å². The van der Waals surface area contributed by atoms with E-state index in [0.29, 0.717) is 18.7 Å². The fourth-order valence-electron chi connectivity index (χ4n) is 2.48. The average molecular weight is 322 g/mol. The lowest BCUT2D eigenvalue weighted by Crippen LogP contribution is -2.30. The second-order valence-corrected chi connectivity index (χ2v) is 5.35. The molecule has 2 aromatic carbocycles. The zero-order chi connectivity index (χ0) is 16.8. The highest BCUT2D eigenvalue weighted by atomic mass is 16.5. The second kappa shape index (κ2) is 7.46. The van der Waals surface area contributed by atoms with E-state index in [1.807, 2.05) is 30.3 Å². The van der Waals surface area contributed by atoms with Crippen molar-refractivity contribution in [1.82, 2.24) is 10.3 Å². The van der Waals surface area contributed by atoms with Crippen molar-refractivity contribution >= 4 is 16.8 Å². The predicted molar refractivity (Wildman–Crippen MR) is 92.1 cm³/mol. The van der Waals surface area contributed by atoms with Crippen molar-refractivity contribution in [2.24, 2.45) is 0 Å². The molecule has 0 saturated heterocycles.